The van der Waals surface area contributed by atoms with E-state index in [0.29, 0.717) is 35.3 Å². The van der Waals surface area contributed by atoms with E-state index in [1.165, 1.54) is 6.07 Å². The SMILES string of the molecule is C=CC1CCC(c2ccc(/C=C/C3CCC(c4ccc(OCC)cc4F)CC3)c(F)c2F)CC1. The summed E-state index contributed by atoms with van der Waals surface area (Å²) in [5.41, 5.74) is 1.56. The minimum atomic E-state index is -0.746. The lowest BCUT2D eigenvalue weighted by molar-refractivity contribution is 0.336. The summed E-state index contributed by atoms with van der Waals surface area (Å²) in [6.07, 6.45) is 13.0. The van der Waals surface area contributed by atoms with Crippen molar-refractivity contribution >= 4 is 6.08 Å². The van der Waals surface area contributed by atoms with Crippen molar-refractivity contribution < 1.29 is 17.9 Å². The van der Waals surface area contributed by atoms with Crippen molar-refractivity contribution in [3.8, 4) is 5.75 Å². The summed E-state index contributed by atoms with van der Waals surface area (Å²) < 4.78 is 49.6. The smallest absolute Gasteiger partial charge is 0.166 e. The lowest BCUT2D eigenvalue weighted by Gasteiger charge is -2.28. The molecule has 0 spiro atoms. The molecule has 0 radical (unpaired) electrons. The maximum Gasteiger partial charge on any atom is 0.166 e. The van der Waals surface area contributed by atoms with Crippen LogP contribution in [0, 0.1) is 29.3 Å². The Morgan fingerprint density at radius 2 is 1.44 bits per heavy atom. The van der Waals surface area contributed by atoms with Crippen LogP contribution in [-0.4, -0.2) is 6.61 Å². The molecule has 4 heteroatoms. The highest BCUT2D eigenvalue weighted by molar-refractivity contribution is 5.52. The van der Waals surface area contributed by atoms with Gasteiger partial charge in [0.25, 0.3) is 0 Å². The standard InChI is InChI=1S/C30H35F3O/c1-3-20-5-10-23(11-6-20)27-17-15-24(29(32)30(27)33)14-9-21-7-12-22(13-8-21)26-18-16-25(34-4-2)19-28(26)31/h3,9,14-23H,1,4-8,10-13H2,2H3/b14-9+. The number of hydrogen-bond acceptors (Lipinski definition) is 1. The first-order valence-electron chi connectivity index (χ1n) is 12.7. The van der Waals surface area contributed by atoms with Crippen molar-refractivity contribution in [3.63, 3.8) is 0 Å². The lowest BCUT2D eigenvalue weighted by Crippen LogP contribution is -2.14. The molecule has 0 aliphatic heterocycles. The number of ether oxygens (including phenoxy) is 1. The summed E-state index contributed by atoms with van der Waals surface area (Å²) in [5.74, 6) is -0.0352. The molecule has 0 bridgehead atoms. The first-order chi connectivity index (χ1) is 16.5. The zero-order valence-corrected chi connectivity index (χ0v) is 20.0. The predicted molar refractivity (Wildman–Crippen MR) is 133 cm³/mol. The largest absolute Gasteiger partial charge is 0.494 e. The van der Waals surface area contributed by atoms with Gasteiger partial charge < -0.3 is 4.74 Å². The summed E-state index contributed by atoms with van der Waals surface area (Å²) in [7, 11) is 0. The van der Waals surface area contributed by atoms with Crippen LogP contribution in [-0.2, 0) is 0 Å². The highest BCUT2D eigenvalue weighted by Crippen LogP contribution is 2.40. The van der Waals surface area contributed by atoms with Gasteiger partial charge in [-0.05, 0) is 99.2 Å². The number of rotatable bonds is 7. The molecule has 0 aromatic heterocycles. The van der Waals surface area contributed by atoms with Gasteiger partial charge >= 0.3 is 0 Å². The van der Waals surface area contributed by atoms with Crippen LogP contribution < -0.4 is 4.74 Å². The zero-order valence-electron chi connectivity index (χ0n) is 20.0. The maximum absolute atomic E-state index is 14.9. The third kappa shape index (κ3) is 5.59. The van der Waals surface area contributed by atoms with Crippen LogP contribution in [0.25, 0.3) is 6.08 Å². The van der Waals surface area contributed by atoms with E-state index in [9.17, 15) is 13.2 Å². The van der Waals surface area contributed by atoms with E-state index in [4.69, 9.17) is 4.74 Å². The highest BCUT2D eigenvalue weighted by atomic mass is 19.2. The van der Waals surface area contributed by atoms with Crippen molar-refractivity contribution in [2.75, 3.05) is 6.61 Å². The van der Waals surface area contributed by atoms with Crippen LogP contribution >= 0.6 is 0 Å². The number of benzene rings is 2. The Balaban J connectivity index is 1.36. The van der Waals surface area contributed by atoms with Gasteiger partial charge in [0.15, 0.2) is 11.6 Å². The van der Waals surface area contributed by atoms with Gasteiger partial charge in [-0.1, -0.05) is 36.4 Å². The fourth-order valence-corrected chi connectivity index (χ4v) is 5.65. The summed E-state index contributed by atoms with van der Waals surface area (Å²) in [4.78, 5) is 0. The Bertz CT molecular complexity index is 1010. The van der Waals surface area contributed by atoms with Crippen molar-refractivity contribution in [1.82, 2.24) is 0 Å². The monoisotopic (exact) mass is 468 g/mol. The Hall–Kier alpha value is -2.49. The molecular formula is C30H35F3O. The third-order valence-corrected chi connectivity index (χ3v) is 7.73. The second-order valence-corrected chi connectivity index (χ2v) is 9.81. The van der Waals surface area contributed by atoms with E-state index >= 15 is 0 Å². The molecule has 1 nitrogen and oxygen atoms in total. The zero-order chi connectivity index (χ0) is 24.1. The molecule has 0 amide bonds. The van der Waals surface area contributed by atoms with Crippen LogP contribution in [0.2, 0.25) is 0 Å². The van der Waals surface area contributed by atoms with E-state index < -0.39 is 11.6 Å². The van der Waals surface area contributed by atoms with Crippen molar-refractivity contribution in [2.45, 2.75) is 70.1 Å². The van der Waals surface area contributed by atoms with E-state index in [2.05, 4.69) is 6.58 Å². The van der Waals surface area contributed by atoms with Crippen LogP contribution in [0.4, 0.5) is 13.2 Å². The fraction of sp³-hybridized carbons (Fsp3) is 0.467. The van der Waals surface area contributed by atoms with Crippen molar-refractivity contribution in [1.29, 1.82) is 0 Å². The molecule has 0 N–H and O–H groups in total. The van der Waals surface area contributed by atoms with Gasteiger partial charge in [-0.15, -0.1) is 6.58 Å². The van der Waals surface area contributed by atoms with Gasteiger partial charge in [-0.25, -0.2) is 13.2 Å². The molecule has 2 aliphatic rings. The molecule has 2 aromatic carbocycles. The number of allylic oxidation sites excluding steroid dienone is 2. The first-order valence-corrected chi connectivity index (χ1v) is 12.7. The van der Waals surface area contributed by atoms with Gasteiger partial charge in [0.1, 0.15) is 11.6 Å². The molecule has 182 valence electrons. The molecule has 0 atom stereocenters. The second kappa shape index (κ2) is 11.3. The second-order valence-electron chi connectivity index (χ2n) is 9.81. The lowest BCUT2D eigenvalue weighted by atomic mass is 9.78. The van der Waals surface area contributed by atoms with Crippen LogP contribution in [0.5, 0.6) is 5.75 Å². The Labute approximate surface area is 201 Å². The number of hydrogen-bond donors (Lipinski definition) is 0. The topological polar surface area (TPSA) is 9.23 Å². The Morgan fingerprint density at radius 3 is 2.06 bits per heavy atom. The van der Waals surface area contributed by atoms with Gasteiger partial charge in [-0.3, -0.25) is 0 Å². The summed E-state index contributed by atoms with van der Waals surface area (Å²) in [6, 6.07) is 8.62. The molecule has 4 rings (SSSR count). The minimum absolute atomic E-state index is 0.0852. The third-order valence-electron chi connectivity index (χ3n) is 7.73. The van der Waals surface area contributed by atoms with E-state index in [1.807, 2.05) is 31.2 Å². The van der Waals surface area contributed by atoms with Crippen molar-refractivity contribution in [3.05, 3.63) is 83.2 Å². The Morgan fingerprint density at radius 1 is 0.824 bits per heavy atom. The molecule has 0 unspecified atom stereocenters. The first kappa shape index (κ1) is 24.6. The van der Waals surface area contributed by atoms with E-state index in [0.717, 1.165) is 56.9 Å². The van der Waals surface area contributed by atoms with E-state index in [1.54, 1.807) is 18.2 Å². The van der Waals surface area contributed by atoms with Gasteiger partial charge in [0, 0.05) is 11.6 Å². The summed E-state index contributed by atoms with van der Waals surface area (Å²) in [5, 5.41) is 0. The molecule has 2 saturated carbocycles. The molecular weight excluding hydrogens is 433 g/mol. The van der Waals surface area contributed by atoms with Crippen molar-refractivity contribution in [2.24, 2.45) is 11.8 Å². The average molecular weight is 469 g/mol. The molecule has 2 aromatic rings. The quantitative estimate of drug-likeness (QED) is 0.369. The van der Waals surface area contributed by atoms with Crippen LogP contribution in [0.1, 0.15) is 86.8 Å². The van der Waals surface area contributed by atoms with Crippen LogP contribution in [0.15, 0.2) is 49.1 Å². The molecule has 0 saturated heterocycles. The predicted octanol–water partition coefficient (Wildman–Crippen LogP) is 8.95. The van der Waals surface area contributed by atoms with E-state index in [-0.39, 0.29) is 17.7 Å². The Kier molecular flexibility index (Phi) is 8.18. The summed E-state index contributed by atoms with van der Waals surface area (Å²) in [6.45, 7) is 6.25. The molecule has 2 aliphatic carbocycles. The summed E-state index contributed by atoms with van der Waals surface area (Å²) >= 11 is 0. The van der Waals surface area contributed by atoms with Gasteiger partial charge in [-0.2, -0.15) is 0 Å². The highest BCUT2D eigenvalue weighted by Gasteiger charge is 2.26. The maximum atomic E-state index is 14.9. The minimum Gasteiger partial charge on any atom is -0.494 e. The molecule has 34 heavy (non-hydrogen) atoms. The van der Waals surface area contributed by atoms with Gasteiger partial charge in [0.05, 0.1) is 6.61 Å². The molecule has 2 fully saturated rings. The normalized spacial score (nSPS) is 25.4. The fourth-order valence-electron chi connectivity index (χ4n) is 5.65. The van der Waals surface area contributed by atoms with Crippen LogP contribution in [0.3, 0.4) is 0 Å². The van der Waals surface area contributed by atoms with Gasteiger partial charge in [0.2, 0.25) is 0 Å². The molecule has 0 heterocycles. The number of halogens is 3. The average Bonchev–Trinajstić information content (AvgIpc) is 2.86.